The Hall–Kier alpha value is 0.310. The molecule has 0 unspecified atom stereocenters. The first-order valence-electron chi connectivity index (χ1n) is 2.72. The van der Waals surface area contributed by atoms with Crippen molar-refractivity contribution < 1.29 is 0 Å². The molecule has 0 aliphatic heterocycles. The minimum absolute atomic E-state index is 0.648. The molecule has 0 fully saturated rings. The van der Waals surface area contributed by atoms with Gasteiger partial charge < -0.3 is 0 Å². The van der Waals surface area contributed by atoms with Crippen LogP contribution in [0.15, 0.2) is 18.2 Å². The average molecular weight is 150 g/mol. The molecule has 1 aromatic rings. The van der Waals surface area contributed by atoms with Crippen molar-refractivity contribution in [3.8, 4) is 0 Å². The van der Waals surface area contributed by atoms with Crippen molar-refractivity contribution in [2.75, 3.05) is 5.73 Å². The fraction of sp³-hybridized carbons (Fsp3) is 0. The van der Waals surface area contributed by atoms with Crippen LogP contribution in [-0.2, 0) is 0 Å². The van der Waals surface area contributed by atoms with Crippen LogP contribution in [0.2, 0.25) is 5.02 Å². The molecule has 9 heavy (non-hydrogen) atoms. The number of nitrogens with two attached hydrogens (primary N) is 1. The molecule has 42 valence electrons. The molecule has 2 N–H and O–H groups in total. The molecule has 1 rings (SSSR count). The van der Waals surface area contributed by atoms with Crippen molar-refractivity contribution in [1.29, 1.82) is 0 Å². The Bertz CT molecular complexity index is 224. The summed E-state index contributed by atoms with van der Waals surface area (Å²) in [6.45, 7) is 0. The standard InChI is InChI=1S/C6H5ClN.Na/c7-5-3-1-2-4-6(5)8;/h1,3-4H,8H2;. The predicted molar refractivity (Wildman–Crippen MR) is 41.3 cm³/mol. The van der Waals surface area contributed by atoms with E-state index in [1.807, 2.05) is 18.2 Å². The summed E-state index contributed by atoms with van der Waals surface area (Å²) in [6, 6.07) is 5.73. The zero-order chi connectivity index (χ0) is 6.85. The van der Waals surface area contributed by atoms with E-state index in [0.29, 0.717) is 10.7 Å². The van der Waals surface area contributed by atoms with Crippen LogP contribution in [0.4, 0.5) is 5.69 Å². The quantitative estimate of drug-likeness (QED) is 0.427. The van der Waals surface area contributed by atoms with E-state index >= 15 is 0 Å². The molecule has 0 aromatic heterocycles. The van der Waals surface area contributed by atoms with Gasteiger partial charge >= 0.3 is 77.0 Å². The van der Waals surface area contributed by atoms with Gasteiger partial charge in [-0.2, -0.15) is 0 Å². The van der Waals surface area contributed by atoms with Crippen LogP contribution in [-0.4, -0.2) is 27.9 Å². The van der Waals surface area contributed by atoms with Gasteiger partial charge in [0.05, 0.1) is 0 Å². The maximum atomic E-state index is 5.67. The zero-order valence-corrected chi connectivity index (χ0v) is 7.94. The number of halogens is 1. The molecule has 1 nitrogen and oxygen atoms in total. The summed E-state index contributed by atoms with van der Waals surface area (Å²) < 4.78 is 1.27. The first-order valence-corrected chi connectivity index (χ1v) is 4.09. The average Bonchev–Trinajstić information content (AvgIpc) is 1.80. The number of benzene rings is 1. The Balaban J connectivity index is 3.17. The van der Waals surface area contributed by atoms with E-state index in [4.69, 9.17) is 17.3 Å². The molecule has 0 amide bonds. The molecule has 0 saturated carbocycles. The van der Waals surface area contributed by atoms with E-state index in [2.05, 4.69) is 0 Å². The summed E-state index contributed by atoms with van der Waals surface area (Å²) >= 11 is 6.70. The van der Waals surface area contributed by atoms with E-state index in [0.717, 1.165) is 27.9 Å². The number of hydrogen-bond donors (Lipinski definition) is 1. The van der Waals surface area contributed by atoms with Gasteiger partial charge in [0.2, 0.25) is 0 Å². The summed E-state index contributed by atoms with van der Waals surface area (Å²) in [4.78, 5) is 0. The van der Waals surface area contributed by atoms with Gasteiger partial charge in [0.1, 0.15) is 0 Å². The van der Waals surface area contributed by atoms with Crippen LogP contribution in [0, 0.1) is 0 Å². The molecule has 0 aliphatic rings. The third kappa shape index (κ3) is 1.87. The molecule has 3 heteroatoms. The summed E-state index contributed by atoms with van der Waals surface area (Å²) in [7, 11) is 0. The second-order valence-corrected chi connectivity index (χ2v) is 3.59. The van der Waals surface area contributed by atoms with Crippen molar-refractivity contribution in [3.05, 3.63) is 23.2 Å². The van der Waals surface area contributed by atoms with Gasteiger partial charge in [0.15, 0.2) is 0 Å². The first kappa shape index (κ1) is 7.42. The van der Waals surface area contributed by atoms with Crippen molar-refractivity contribution >= 4 is 48.0 Å². The fourth-order valence-corrected chi connectivity index (χ4v) is 1.26. The van der Waals surface area contributed by atoms with E-state index in [1.54, 1.807) is 0 Å². The van der Waals surface area contributed by atoms with Gasteiger partial charge in [-0.25, -0.2) is 0 Å². The first-order chi connectivity index (χ1) is 4.20. The number of hydrogen-bond acceptors (Lipinski definition) is 1. The molecule has 1 aromatic carbocycles. The monoisotopic (exact) mass is 149 g/mol. The Morgan fingerprint density at radius 3 is 2.56 bits per heavy atom. The van der Waals surface area contributed by atoms with E-state index in [-0.39, 0.29) is 0 Å². The van der Waals surface area contributed by atoms with Gasteiger partial charge in [-0.1, -0.05) is 0 Å². The topological polar surface area (TPSA) is 26.0 Å². The van der Waals surface area contributed by atoms with Gasteiger partial charge in [-0.15, -0.1) is 0 Å². The second kappa shape index (κ2) is 2.93. The Labute approximate surface area is 76.6 Å². The maximum absolute atomic E-state index is 5.67. The summed E-state index contributed by atoms with van der Waals surface area (Å²) in [5, 5.41) is 0.648. The second-order valence-electron chi connectivity index (χ2n) is 2.02. The fourth-order valence-electron chi connectivity index (χ4n) is 0.663. The molecule has 0 heterocycles. The third-order valence-corrected chi connectivity index (χ3v) is 2.12. The summed E-state index contributed by atoms with van der Waals surface area (Å²) in [5.41, 5.74) is 6.20. The SMILES string of the molecule is Nc1c[c]([Na])ccc1Cl. The van der Waals surface area contributed by atoms with Crippen LogP contribution < -0.4 is 8.55 Å². The van der Waals surface area contributed by atoms with Crippen molar-refractivity contribution in [2.24, 2.45) is 0 Å². The summed E-state index contributed by atoms with van der Waals surface area (Å²) in [6.07, 6.45) is 0. The van der Waals surface area contributed by atoms with Gasteiger partial charge in [-0.3, -0.25) is 0 Å². The molecule has 0 spiro atoms. The van der Waals surface area contributed by atoms with E-state index in [9.17, 15) is 0 Å². The van der Waals surface area contributed by atoms with Crippen molar-refractivity contribution in [3.63, 3.8) is 0 Å². The van der Waals surface area contributed by atoms with Crippen LogP contribution in [0.5, 0.6) is 0 Å². The zero-order valence-electron chi connectivity index (χ0n) is 5.19. The number of nitrogen functional groups attached to an aromatic ring is 1. The predicted octanol–water partition coefficient (Wildman–Crippen LogP) is 0.716. The molecule has 0 aliphatic carbocycles. The Kier molecular flexibility index (Phi) is 2.42. The normalized spacial score (nSPS) is 9.67. The summed E-state index contributed by atoms with van der Waals surface area (Å²) in [5.74, 6) is 0. The van der Waals surface area contributed by atoms with Gasteiger partial charge in [0.25, 0.3) is 0 Å². The van der Waals surface area contributed by atoms with E-state index in [1.165, 1.54) is 2.81 Å². The Morgan fingerprint density at radius 1 is 1.44 bits per heavy atom. The molecule has 0 bridgehead atoms. The molecule has 0 saturated heterocycles. The van der Waals surface area contributed by atoms with Crippen molar-refractivity contribution in [2.45, 2.75) is 0 Å². The van der Waals surface area contributed by atoms with Crippen LogP contribution in [0.25, 0.3) is 0 Å². The number of rotatable bonds is 0. The molecular formula is C6H5ClNNa. The van der Waals surface area contributed by atoms with E-state index < -0.39 is 0 Å². The van der Waals surface area contributed by atoms with Gasteiger partial charge in [0, 0.05) is 0 Å². The van der Waals surface area contributed by atoms with Crippen LogP contribution >= 0.6 is 11.6 Å². The Morgan fingerprint density at radius 2 is 2.11 bits per heavy atom. The van der Waals surface area contributed by atoms with Crippen LogP contribution in [0.1, 0.15) is 0 Å². The molecular weight excluding hydrogens is 145 g/mol. The third-order valence-electron chi connectivity index (χ3n) is 1.15. The minimum atomic E-state index is 0.648. The van der Waals surface area contributed by atoms with Gasteiger partial charge in [-0.05, 0) is 0 Å². The molecule has 0 atom stereocenters. The van der Waals surface area contributed by atoms with Crippen LogP contribution in [0.3, 0.4) is 0 Å². The number of anilines is 1. The van der Waals surface area contributed by atoms with Crippen molar-refractivity contribution in [1.82, 2.24) is 0 Å². The molecule has 0 radical (unpaired) electrons.